The molecule has 1 aliphatic heterocycles. The fraction of sp³-hybridized carbons (Fsp3) is 0.333. The topological polar surface area (TPSA) is 96.1 Å². The van der Waals surface area contributed by atoms with Crippen molar-refractivity contribution in [2.45, 2.75) is 33.2 Å². The number of amides is 1. The van der Waals surface area contributed by atoms with Crippen molar-refractivity contribution in [1.29, 1.82) is 5.26 Å². The number of carbonyl (C=O) groups is 1. The molecule has 0 atom stereocenters. The first-order chi connectivity index (χ1) is 16.0. The molecule has 8 nitrogen and oxygen atoms in total. The van der Waals surface area contributed by atoms with Crippen LogP contribution in [0.5, 0.6) is 5.75 Å². The highest BCUT2D eigenvalue weighted by Gasteiger charge is 2.18. The van der Waals surface area contributed by atoms with Crippen molar-refractivity contribution in [3.63, 3.8) is 0 Å². The molecule has 0 aliphatic carbocycles. The number of nitrogens with one attached hydrogen (secondary N) is 1. The maximum atomic E-state index is 12.7. The van der Waals surface area contributed by atoms with Crippen LogP contribution in [0.15, 0.2) is 42.1 Å². The number of aromatic nitrogens is 3. The van der Waals surface area contributed by atoms with Crippen molar-refractivity contribution in [3.8, 4) is 11.8 Å². The van der Waals surface area contributed by atoms with E-state index in [2.05, 4.69) is 34.3 Å². The quantitative estimate of drug-likeness (QED) is 0.398. The Kier molecular flexibility index (Phi) is 7.05. The molecule has 1 saturated heterocycles. The van der Waals surface area contributed by atoms with Gasteiger partial charge in [-0.2, -0.15) is 5.26 Å². The zero-order valence-corrected chi connectivity index (χ0v) is 19.6. The van der Waals surface area contributed by atoms with Gasteiger partial charge in [0.05, 0.1) is 6.54 Å². The molecular weight excluding hydrogens is 436 g/mol. The van der Waals surface area contributed by atoms with Gasteiger partial charge in [-0.25, -0.2) is 0 Å². The van der Waals surface area contributed by atoms with Gasteiger partial charge >= 0.3 is 0 Å². The minimum Gasteiger partial charge on any atom is -0.492 e. The van der Waals surface area contributed by atoms with Crippen molar-refractivity contribution in [1.82, 2.24) is 14.8 Å². The van der Waals surface area contributed by atoms with Crippen LogP contribution in [-0.4, -0.2) is 40.4 Å². The molecule has 1 N–H and O–H groups in total. The van der Waals surface area contributed by atoms with Crippen molar-refractivity contribution < 1.29 is 9.53 Å². The first kappa shape index (κ1) is 22.6. The van der Waals surface area contributed by atoms with Crippen molar-refractivity contribution in [3.05, 3.63) is 58.9 Å². The first-order valence-electron chi connectivity index (χ1n) is 10.9. The molecule has 0 radical (unpaired) electrons. The molecule has 0 unspecified atom stereocenters. The summed E-state index contributed by atoms with van der Waals surface area (Å²) in [7, 11) is 0. The smallest absolute Gasteiger partial charge is 0.268 e. The normalized spacial score (nSPS) is 13.7. The van der Waals surface area contributed by atoms with E-state index in [9.17, 15) is 10.1 Å². The third-order valence-corrected chi connectivity index (χ3v) is 6.51. The molecule has 9 heteroatoms. The Balaban J connectivity index is 1.38. The van der Waals surface area contributed by atoms with Gasteiger partial charge in [0.15, 0.2) is 0 Å². The number of nitrogens with zero attached hydrogens (tertiary/aromatic N) is 5. The van der Waals surface area contributed by atoms with Crippen molar-refractivity contribution in [2.75, 3.05) is 29.9 Å². The van der Waals surface area contributed by atoms with Crippen LogP contribution < -0.4 is 15.0 Å². The summed E-state index contributed by atoms with van der Waals surface area (Å²) >= 11 is 1.32. The average Bonchev–Trinajstić information content (AvgIpc) is 3.56. The molecular formula is C24H26N6O2S. The Morgan fingerprint density at radius 3 is 2.82 bits per heavy atom. The highest BCUT2D eigenvalue weighted by Crippen LogP contribution is 2.27. The highest BCUT2D eigenvalue weighted by atomic mass is 32.1. The molecule has 0 bridgehead atoms. The van der Waals surface area contributed by atoms with Gasteiger partial charge < -0.3 is 14.2 Å². The minimum absolute atomic E-state index is 0.00273. The molecule has 1 aliphatic rings. The van der Waals surface area contributed by atoms with Gasteiger partial charge in [-0.05, 0) is 68.2 Å². The monoisotopic (exact) mass is 462 g/mol. The summed E-state index contributed by atoms with van der Waals surface area (Å²) < 4.78 is 7.82. The SMILES string of the molecule is Cc1ccc(OCCn2cccc2/C=C(/C#N)C(=O)Nc2nnc(N3CCCC3)s2)cc1C. The third-order valence-electron chi connectivity index (χ3n) is 5.61. The number of ether oxygens (including phenoxy) is 1. The lowest BCUT2D eigenvalue weighted by Gasteiger charge is -2.11. The van der Waals surface area contributed by atoms with Crippen LogP contribution in [0.2, 0.25) is 0 Å². The second-order valence-corrected chi connectivity index (χ2v) is 8.88. The van der Waals surface area contributed by atoms with Crippen LogP contribution in [0.25, 0.3) is 6.08 Å². The van der Waals surface area contributed by atoms with Gasteiger partial charge in [0, 0.05) is 25.0 Å². The van der Waals surface area contributed by atoms with Crippen LogP contribution in [0, 0.1) is 25.2 Å². The van der Waals surface area contributed by atoms with Gasteiger partial charge in [-0.1, -0.05) is 17.4 Å². The van der Waals surface area contributed by atoms with E-state index in [1.807, 2.05) is 47.2 Å². The van der Waals surface area contributed by atoms with E-state index < -0.39 is 5.91 Å². The number of benzene rings is 1. The van der Waals surface area contributed by atoms with Gasteiger partial charge in [0.1, 0.15) is 24.0 Å². The predicted octanol–water partition coefficient (Wildman–Crippen LogP) is 4.18. The Hall–Kier alpha value is -3.64. The maximum Gasteiger partial charge on any atom is 0.268 e. The van der Waals surface area contributed by atoms with Crippen LogP contribution in [0.1, 0.15) is 29.7 Å². The predicted molar refractivity (Wildman–Crippen MR) is 129 cm³/mol. The van der Waals surface area contributed by atoms with Gasteiger partial charge in [0.2, 0.25) is 10.3 Å². The Bertz CT molecular complexity index is 1200. The third kappa shape index (κ3) is 5.59. The molecule has 33 heavy (non-hydrogen) atoms. The van der Waals surface area contributed by atoms with E-state index in [0.29, 0.717) is 18.3 Å². The summed E-state index contributed by atoms with van der Waals surface area (Å²) in [6, 6.07) is 11.7. The number of carbonyl (C=O) groups excluding carboxylic acids is 1. The summed E-state index contributed by atoms with van der Waals surface area (Å²) in [5.74, 6) is 0.325. The molecule has 3 aromatic rings. The number of rotatable bonds is 8. The minimum atomic E-state index is -0.499. The molecule has 1 aromatic carbocycles. The summed E-state index contributed by atoms with van der Waals surface area (Å²) in [5.41, 5.74) is 3.16. The maximum absolute atomic E-state index is 12.7. The fourth-order valence-corrected chi connectivity index (χ4v) is 4.38. The van der Waals surface area contributed by atoms with E-state index in [1.165, 1.54) is 22.5 Å². The van der Waals surface area contributed by atoms with Crippen LogP contribution in [0.3, 0.4) is 0 Å². The van der Waals surface area contributed by atoms with E-state index in [4.69, 9.17) is 4.74 Å². The Morgan fingerprint density at radius 1 is 1.24 bits per heavy atom. The number of aryl methyl sites for hydroxylation is 2. The average molecular weight is 463 g/mol. The lowest BCUT2D eigenvalue weighted by atomic mass is 10.1. The molecule has 3 heterocycles. The Morgan fingerprint density at radius 2 is 2.06 bits per heavy atom. The second kappa shape index (κ2) is 10.3. The summed E-state index contributed by atoms with van der Waals surface area (Å²) in [6.07, 6.45) is 5.75. The molecule has 2 aromatic heterocycles. The summed E-state index contributed by atoms with van der Waals surface area (Å²) in [6.45, 7) is 7.09. The summed E-state index contributed by atoms with van der Waals surface area (Å²) in [4.78, 5) is 14.8. The molecule has 170 valence electrons. The zero-order chi connectivity index (χ0) is 23.2. The largest absolute Gasteiger partial charge is 0.492 e. The molecule has 1 amide bonds. The lowest BCUT2D eigenvalue weighted by Crippen LogP contribution is -2.17. The van der Waals surface area contributed by atoms with E-state index in [0.717, 1.165) is 42.5 Å². The van der Waals surface area contributed by atoms with E-state index in [1.54, 1.807) is 6.08 Å². The zero-order valence-electron chi connectivity index (χ0n) is 18.7. The van der Waals surface area contributed by atoms with Crippen molar-refractivity contribution in [2.24, 2.45) is 0 Å². The molecule has 4 rings (SSSR count). The summed E-state index contributed by atoms with van der Waals surface area (Å²) in [5, 5.41) is 21.6. The number of hydrogen-bond donors (Lipinski definition) is 1. The van der Waals surface area contributed by atoms with Crippen LogP contribution in [0.4, 0.5) is 10.3 Å². The van der Waals surface area contributed by atoms with Gasteiger partial charge in [-0.15, -0.1) is 10.2 Å². The Labute approximate surface area is 197 Å². The van der Waals surface area contributed by atoms with E-state index >= 15 is 0 Å². The van der Waals surface area contributed by atoms with Crippen molar-refractivity contribution >= 4 is 33.6 Å². The lowest BCUT2D eigenvalue weighted by molar-refractivity contribution is -0.112. The highest BCUT2D eigenvalue weighted by molar-refractivity contribution is 7.19. The molecule has 0 spiro atoms. The van der Waals surface area contributed by atoms with Crippen LogP contribution in [-0.2, 0) is 11.3 Å². The first-order valence-corrected chi connectivity index (χ1v) is 11.7. The number of hydrogen-bond acceptors (Lipinski definition) is 7. The second-order valence-electron chi connectivity index (χ2n) is 7.93. The number of anilines is 2. The molecule has 0 saturated carbocycles. The van der Waals surface area contributed by atoms with Crippen LogP contribution >= 0.6 is 11.3 Å². The standard InChI is InChI=1S/C24H26N6O2S/c1-17-7-8-21(14-18(17)2)32-13-12-29-11-5-6-20(29)15-19(16-25)22(31)26-23-27-28-24(33-23)30-9-3-4-10-30/h5-8,11,14-15H,3-4,9-10,12-13H2,1-2H3,(H,26,27,31)/b19-15-. The van der Waals surface area contributed by atoms with E-state index in [-0.39, 0.29) is 5.57 Å². The number of nitriles is 1. The van der Waals surface area contributed by atoms with Gasteiger partial charge in [0.25, 0.3) is 5.91 Å². The fourth-order valence-electron chi connectivity index (χ4n) is 3.59. The van der Waals surface area contributed by atoms with Gasteiger partial charge in [-0.3, -0.25) is 10.1 Å². The molecule has 1 fully saturated rings.